The highest BCUT2D eigenvalue weighted by atomic mass is 35.5. The molecule has 2 aromatic rings. The molecule has 2 heterocycles. The van der Waals surface area contributed by atoms with E-state index in [-0.39, 0.29) is 41.6 Å². The van der Waals surface area contributed by atoms with Crippen LogP contribution < -0.4 is 5.32 Å². The second-order valence-electron chi connectivity index (χ2n) is 6.38. The minimum atomic E-state index is -0.336. The third kappa shape index (κ3) is 3.99. The highest BCUT2D eigenvalue weighted by Crippen LogP contribution is 2.23. The number of aryl methyl sites for hydroxylation is 1. The molecule has 26 heavy (non-hydrogen) atoms. The van der Waals surface area contributed by atoms with Gasteiger partial charge >= 0.3 is 0 Å². The molecule has 2 N–H and O–H groups in total. The summed E-state index contributed by atoms with van der Waals surface area (Å²) in [5.74, 6) is -0.774. The van der Waals surface area contributed by atoms with Crippen LogP contribution in [0.15, 0.2) is 24.4 Å². The van der Waals surface area contributed by atoms with Crippen LogP contribution in [0, 0.1) is 12.7 Å². The summed E-state index contributed by atoms with van der Waals surface area (Å²) in [5.41, 5.74) is 1.33. The van der Waals surface area contributed by atoms with Gasteiger partial charge in [0.2, 0.25) is 0 Å². The predicted molar refractivity (Wildman–Crippen MR) is 99.8 cm³/mol. The lowest BCUT2D eigenvalue weighted by atomic mass is 10.2. The lowest BCUT2D eigenvalue weighted by Crippen LogP contribution is -2.42. The average Bonchev–Trinajstić information content (AvgIpc) is 3.22. The summed E-state index contributed by atoms with van der Waals surface area (Å²) in [6, 6.07) is 4.42. The van der Waals surface area contributed by atoms with Gasteiger partial charge in [-0.15, -0.1) is 12.4 Å². The molecular weight excluding hydrogens is 359 g/mol. The van der Waals surface area contributed by atoms with Gasteiger partial charge in [0.25, 0.3) is 5.91 Å². The Balaban J connectivity index is 0.00000243. The molecule has 1 aliphatic rings. The van der Waals surface area contributed by atoms with Crippen molar-refractivity contribution in [1.29, 1.82) is 0 Å². The van der Waals surface area contributed by atoms with Gasteiger partial charge in [0.1, 0.15) is 5.82 Å². The molecule has 0 spiro atoms. The van der Waals surface area contributed by atoms with Crippen LogP contribution in [-0.2, 0) is 0 Å². The first-order chi connectivity index (χ1) is 12.0. The Labute approximate surface area is 158 Å². The molecule has 0 saturated carbocycles. The Morgan fingerprint density at radius 3 is 2.88 bits per heavy atom. The summed E-state index contributed by atoms with van der Waals surface area (Å²) < 4.78 is 14.7. The zero-order valence-corrected chi connectivity index (χ0v) is 15.7. The van der Waals surface area contributed by atoms with E-state index in [1.54, 1.807) is 17.9 Å². The first-order valence-corrected chi connectivity index (χ1v) is 8.58. The van der Waals surface area contributed by atoms with E-state index in [1.807, 2.05) is 6.92 Å². The number of halogens is 2. The van der Waals surface area contributed by atoms with Gasteiger partial charge in [-0.1, -0.05) is 6.92 Å². The van der Waals surface area contributed by atoms with E-state index in [0.717, 1.165) is 25.9 Å². The molecule has 1 aromatic heterocycles. The zero-order valence-electron chi connectivity index (χ0n) is 14.9. The van der Waals surface area contributed by atoms with Gasteiger partial charge in [0.15, 0.2) is 11.4 Å². The van der Waals surface area contributed by atoms with E-state index in [2.05, 4.69) is 10.4 Å². The van der Waals surface area contributed by atoms with Crippen molar-refractivity contribution in [2.45, 2.75) is 32.7 Å². The molecule has 1 atom stereocenters. The number of nitrogens with zero attached hydrogens (tertiary/aromatic N) is 3. The van der Waals surface area contributed by atoms with Crippen molar-refractivity contribution in [1.82, 2.24) is 20.0 Å². The summed E-state index contributed by atoms with van der Waals surface area (Å²) >= 11 is 0. The van der Waals surface area contributed by atoms with Crippen LogP contribution in [0.2, 0.25) is 0 Å². The summed E-state index contributed by atoms with van der Waals surface area (Å²) in [4.78, 5) is 14.7. The van der Waals surface area contributed by atoms with Crippen molar-refractivity contribution in [2.24, 2.45) is 0 Å². The molecule has 0 bridgehead atoms. The fourth-order valence-corrected chi connectivity index (χ4v) is 3.25. The normalized spacial score (nSPS) is 16.3. The maximum Gasteiger partial charge on any atom is 0.278 e. The van der Waals surface area contributed by atoms with E-state index < -0.39 is 0 Å². The number of aromatic nitrogens is 2. The van der Waals surface area contributed by atoms with Crippen molar-refractivity contribution >= 4 is 18.3 Å². The van der Waals surface area contributed by atoms with Crippen LogP contribution in [0.25, 0.3) is 5.69 Å². The standard InChI is InChI=1S/C18H23FN4O2.ClH/c1-3-8-22(14-6-7-20-10-14)18(25)17-16(24)11-23(21-17)15-5-4-13(19)9-12(15)2;/h4-5,9,11,14,20,24H,3,6-8,10H2,1-2H3;1H. The van der Waals surface area contributed by atoms with Crippen molar-refractivity contribution in [3.8, 4) is 11.4 Å². The van der Waals surface area contributed by atoms with E-state index in [0.29, 0.717) is 17.8 Å². The Hall–Kier alpha value is -2.12. The lowest BCUT2D eigenvalue weighted by Gasteiger charge is -2.27. The fourth-order valence-electron chi connectivity index (χ4n) is 3.25. The highest BCUT2D eigenvalue weighted by Gasteiger charge is 2.30. The molecule has 6 nitrogen and oxygen atoms in total. The largest absolute Gasteiger partial charge is 0.504 e. The minimum absolute atomic E-state index is 0. The highest BCUT2D eigenvalue weighted by molar-refractivity contribution is 5.95. The monoisotopic (exact) mass is 382 g/mol. The first-order valence-electron chi connectivity index (χ1n) is 8.58. The van der Waals surface area contributed by atoms with Crippen LogP contribution in [0.5, 0.6) is 5.75 Å². The average molecular weight is 383 g/mol. The van der Waals surface area contributed by atoms with Crippen molar-refractivity contribution in [3.05, 3.63) is 41.5 Å². The fraction of sp³-hybridized carbons (Fsp3) is 0.444. The number of benzene rings is 1. The number of carbonyl (C=O) groups is 1. The van der Waals surface area contributed by atoms with Gasteiger partial charge in [-0.25, -0.2) is 9.07 Å². The molecule has 142 valence electrons. The molecule has 1 aliphatic heterocycles. The van der Waals surface area contributed by atoms with Gasteiger partial charge in [0, 0.05) is 19.1 Å². The SMILES string of the molecule is CCCN(C(=O)c1nn(-c2ccc(F)cc2C)cc1O)C1CCNC1.Cl. The van der Waals surface area contributed by atoms with Crippen molar-refractivity contribution in [2.75, 3.05) is 19.6 Å². The van der Waals surface area contributed by atoms with Gasteiger partial charge < -0.3 is 15.3 Å². The maximum atomic E-state index is 13.3. The number of carbonyl (C=O) groups excluding carboxylic acids is 1. The Morgan fingerprint density at radius 1 is 1.50 bits per heavy atom. The first kappa shape index (κ1) is 20.2. The molecule has 3 rings (SSSR count). The number of amides is 1. The smallest absolute Gasteiger partial charge is 0.278 e. The van der Waals surface area contributed by atoms with E-state index in [4.69, 9.17) is 0 Å². The minimum Gasteiger partial charge on any atom is -0.504 e. The number of hydrogen-bond donors (Lipinski definition) is 2. The topological polar surface area (TPSA) is 70.4 Å². The summed E-state index contributed by atoms with van der Waals surface area (Å²) in [6.45, 7) is 6.03. The summed E-state index contributed by atoms with van der Waals surface area (Å²) in [6.07, 6.45) is 3.12. The van der Waals surface area contributed by atoms with Crippen molar-refractivity contribution < 1.29 is 14.3 Å². The van der Waals surface area contributed by atoms with Crippen LogP contribution >= 0.6 is 12.4 Å². The molecule has 8 heteroatoms. The quantitative estimate of drug-likeness (QED) is 0.834. The van der Waals surface area contributed by atoms with E-state index in [9.17, 15) is 14.3 Å². The van der Waals surface area contributed by atoms with Crippen LogP contribution in [-0.4, -0.2) is 51.4 Å². The maximum absolute atomic E-state index is 13.3. The van der Waals surface area contributed by atoms with Crippen LogP contribution in [0.1, 0.15) is 35.8 Å². The van der Waals surface area contributed by atoms with Gasteiger partial charge in [0.05, 0.1) is 11.9 Å². The summed E-state index contributed by atoms with van der Waals surface area (Å²) in [7, 11) is 0. The Bertz CT molecular complexity index is 775. The second kappa shape index (κ2) is 8.51. The van der Waals surface area contributed by atoms with E-state index in [1.165, 1.54) is 23.0 Å². The Morgan fingerprint density at radius 2 is 2.27 bits per heavy atom. The van der Waals surface area contributed by atoms with Gasteiger partial charge in [-0.2, -0.15) is 5.10 Å². The van der Waals surface area contributed by atoms with Gasteiger partial charge in [-0.05, 0) is 50.1 Å². The zero-order chi connectivity index (χ0) is 18.0. The molecule has 0 radical (unpaired) electrons. The summed E-state index contributed by atoms with van der Waals surface area (Å²) in [5, 5.41) is 17.8. The molecule has 1 aromatic carbocycles. The molecule has 1 amide bonds. The number of nitrogens with one attached hydrogen (secondary N) is 1. The molecule has 1 fully saturated rings. The molecule has 0 aliphatic carbocycles. The van der Waals surface area contributed by atoms with Crippen LogP contribution in [0.4, 0.5) is 4.39 Å². The van der Waals surface area contributed by atoms with E-state index >= 15 is 0 Å². The third-order valence-electron chi connectivity index (χ3n) is 4.50. The predicted octanol–water partition coefficient (Wildman–Crippen LogP) is 2.66. The van der Waals surface area contributed by atoms with Crippen molar-refractivity contribution in [3.63, 3.8) is 0 Å². The molecule has 1 unspecified atom stereocenters. The number of aromatic hydroxyl groups is 1. The Kier molecular flexibility index (Phi) is 6.61. The van der Waals surface area contributed by atoms with Gasteiger partial charge in [-0.3, -0.25) is 4.79 Å². The lowest BCUT2D eigenvalue weighted by molar-refractivity contribution is 0.0682. The molecular formula is C18H24ClFN4O2. The molecule has 1 saturated heterocycles. The number of rotatable bonds is 5. The van der Waals surface area contributed by atoms with Crippen LogP contribution in [0.3, 0.4) is 0 Å². The second-order valence-corrected chi connectivity index (χ2v) is 6.38. The number of hydrogen-bond acceptors (Lipinski definition) is 4. The third-order valence-corrected chi connectivity index (χ3v) is 4.50.